The number of hydrogen-bond donors (Lipinski definition) is 5. The van der Waals surface area contributed by atoms with Crippen LogP contribution in [0.15, 0.2) is 30.3 Å². The molecule has 1 aromatic carbocycles. The number of hydrogen-bond acceptors (Lipinski definition) is 6. The maximum atomic E-state index is 13.6. The molecule has 0 radical (unpaired) electrons. The minimum absolute atomic E-state index is 0.00339. The Morgan fingerprint density at radius 1 is 0.878 bits per heavy atom. The first-order valence-corrected chi connectivity index (χ1v) is 14.3. The lowest BCUT2D eigenvalue weighted by Crippen LogP contribution is -2.57. The van der Waals surface area contributed by atoms with E-state index in [4.69, 9.17) is 0 Å². The molecule has 12 heteroatoms. The third kappa shape index (κ3) is 9.29. The zero-order valence-corrected chi connectivity index (χ0v) is 24.2. The fourth-order valence-electron chi connectivity index (χ4n) is 4.95. The Bertz CT molecular complexity index is 1130. The van der Waals surface area contributed by atoms with Crippen LogP contribution in [0.25, 0.3) is 0 Å². The molecule has 2 fully saturated rings. The fraction of sp³-hybridized carbons (Fsp3) is 0.586. The number of rotatable bonds is 6. The van der Waals surface area contributed by atoms with Gasteiger partial charge >= 0.3 is 0 Å². The van der Waals surface area contributed by atoms with E-state index < -0.39 is 59.7 Å². The van der Waals surface area contributed by atoms with Gasteiger partial charge in [0, 0.05) is 25.4 Å². The molecule has 2 aliphatic heterocycles. The summed E-state index contributed by atoms with van der Waals surface area (Å²) in [5.74, 6) is -2.71. The molecule has 224 valence electrons. The van der Waals surface area contributed by atoms with Gasteiger partial charge < -0.3 is 31.5 Å². The van der Waals surface area contributed by atoms with Crippen molar-refractivity contribution >= 4 is 35.4 Å². The van der Waals surface area contributed by atoms with Crippen molar-refractivity contribution in [1.82, 2.24) is 31.5 Å². The molecule has 0 saturated carbocycles. The van der Waals surface area contributed by atoms with Gasteiger partial charge in [-0.2, -0.15) is 0 Å². The largest absolute Gasteiger partial charge is 0.350 e. The van der Waals surface area contributed by atoms with E-state index in [1.165, 1.54) is 11.8 Å². The summed E-state index contributed by atoms with van der Waals surface area (Å²) >= 11 is 0. The molecule has 2 aliphatic rings. The van der Waals surface area contributed by atoms with Crippen LogP contribution in [0, 0.1) is 5.92 Å². The van der Waals surface area contributed by atoms with Gasteiger partial charge in [0.15, 0.2) is 0 Å². The van der Waals surface area contributed by atoms with Gasteiger partial charge in [0.05, 0.1) is 6.54 Å². The van der Waals surface area contributed by atoms with Gasteiger partial charge in [-0.25, -0.2) is 0 Å². The fourth-order valence-corrected chi connectivity index (χ4v) is 4.95. The van der Waals surface area contributed by atoms with Crippen LogP contribution in [0.3, 0.4) is 0 Å². The lowest BCUT2D eigenvalue weighted by molar-refractivity contribution is -0.139. The van der Waals surface area contributed by atoms with Crippen LogP contribution >= 0.6 is 0 Å². The molecule has 41 heavy (non-hydrogen) atoms. The Hall–Kier alpha value is -3.96. The van der Waals surface area contributed by atoms with Gasteiger partial charge in [-0.3, -0.25) is 28.8 Å². The van der Waals surface area contributed by atoms with Crippen LogP contribution in [0.5, 0.6) is 0 Å². The summed E-state index contributed by atoms with van der Waals surface area (Å²) in [6.07, 6.45) is 1.49. The molecule has 2 heterocycles. The van der Waals surface area contributed by atoms with Gasteiger partial charge in [0.2, 0.25) is 35.4 Å². The number of nitrogens with one attached hydrogen (secondary N) is 5. The molecule has 3 rings (SSSR count). The highest BCUT2D eigenvalue weighted by molar-refractivity contribution is 5.96. The summed E-state index contributed by atoms with van der Waals surface area (Å²) in [5.41, 5.74) is 0.834. The molecule has 5 N–H and O–H groups in total. The van der Waals surface area contributed by atoms with E-state index in [1.54, 1.807) is 0 Å². The summed E-state index contributed by atoms with van der Waals surface area (Å²) in [6, 6.07) is 5.08. The Labute approximate surface area is 240 Å². The number of nitrogens with zero attached hydrogens (tertiary/aromatic N) is 1. The van der Waals surface area contributed by atoms with Gasteiger partial charge in [0.1, 0.15) is 24.2 Å². The summed E-state index contributed by atoms with van der Waals surface area (Å²) in [7, 11) is 0. The maximum absolute atomic E-state index is 13.6. The molecule has 0 spiro atoms. The van der Waals surface area contributed by atoms with Crippen LogP contribution in [0.1, 0.15) is 58.9 Å². The first-order valence-electron chi connectivity index (χ1n) is 14.3. The van der Waals surface area contributed by atoms with Gasteiger partial charge in [0.25, 0.3) is 0 Å². The van der Waals surface area contributed by atoms with Crippen molar-refractivity contribution in [1.29, 1.82) is 0 Å². The number of benzene rings is 1. The first kappa shape index (κ1) is 31.6. The predicted molar refractivity (Wildman–Crippen MR) is 151 cm³/mol. The third-order valence-corrected chi connectivity index (χ3v) is 7.25. The van der Waals surface area contributed by atoms with E-state index in [-0.39, 0.29) is 37.8 Å². The summed E-state index contributed by atoms with van der Waals surface area (Å²) in [5, 5.41) is 13.7. The number of carbonyl (C=O) groups excluding carboxylic acids is 6. The van der Waals surface area contributed by atoms with Crippen molar-refractivity contribution in [3.05, 3.63) is 35.9 Å². The van der Waals surface area contributed by atoms with E-state index in [2.05, 4.69) is 26.6 Å². The normalized spacial score (nSPS) is 26.7. The van der Waals surface area contributed by atoms with Crippen LogP contribution in [0.2, 0.25) is 0 Å². The van der Waals surface area contributed by atoms with Gasteiger partial charge in [-0.05, 0) is 37.7 Å². The van der Waals surface area contributed by atoms with E-state index in [0.29, 0.717) is 19.3 Å². The van der Waals surface area contributed by atoms with Crippen LogP contribution in [0.4, 0.5) is 0 Å². The molecule has 1 aromatic rings. The van der Waals surface area contributed by atoms with Gasteiger partial charge in [-0.15, -0.1) is 0 Å². The Balaban J connectivity index is 1.94. The average molecular weight is 571 g/mol. The van der Waals surface area contributed by atoms with Crippen LogP contribution < -0.4 is 26.6 Å². The van der Waals surface area contributed by atoms with E-state index in [1.807, 2.05) is 51.1 Å². The molecule has 0 aromatic heterocycles. The second-order valence-corrected chi connectivity index (χ2v) is 11.2. The van der Waals surface area contributed by atoms with Crippen LogP contribution in [-0.4, -0.2) is 83.6 Å². The second kappa shape index (κ2) is 14.6. The molecular weight excluding hydrogens is 528 g/mol. The van der Waals surface area contributed by atoms with Crippen molar-refractivity contribution in [2.24, 2.45) is 5.92 Å². The monoisotopic (exact) mass is 570 g/mol. The molecular formula is C29H42N6O6. The van der Waals surface area contributed by atoms with Crippen molar-refractivity contribution in [3.63, 3.8) is 0 Å². The van der Waals surface area contributed by atoms with Crippen molar-refractivity contribution < 1.29 is 28.8 Å². The minimum Gasteiger partial charge on any atom is -0.350 e. The zero-order chi connectivity index (χ0) is 30.1. The molecule has 6 amide bonds. The van der Waals surface area contributed by atoms with E-state index >= 15 is 0 Å². The van der Waals surface area contributed by atoms with Crippen molar-refractivity contribution in [2.75, 3.05) is 13.1 Å². The molecule has 0 bridgehead atoms. The second-order valence-electron chi connectivity index (χ2n) is 11.2. The summed E-state index contributed by atoms with van der Waals surface area (Å²) in [6.45, 7) is 6.81. The van der Waals surface area contributed by atoms with Crippen LogP contribution in [-0.2, 0) is 35.2 Å². The predicted octanol–water partition coefficient (Wildman–Crippen LogP) is -0.235. The average Bonchev–Trinajstić information content (AvgIpc) is 3.36. The highest BCUT2D eigenvalue weighted by Crippen LogP contribution is 2.13. The molecule has 0 unspecified atom stereocenters. The molecule has 0 aliphatic carbocycles. The third-order valence-electron chi connectivity index (χ3n) is 7.25. The first-order chi connectivity index (χ1) is 19.5. The number of amides is 6. The SMILES string of the molecule is CC[C@H]1CN(C(=O)[C@@H]2CCC(=O)N2)CC(=O)N[C@H](C)C(=O)N[C@@H](CC(C)C)C(=O)N[C@@H](Cc2ccccc2)C(=O)N1. The van der Waals surface area contributed by atoms with Crippen molar-refractivity contribution in [3.8, 4) is 0 Å². The van der Waals surface area contributed by atoms with Crippen molar-refractivity contribution in [2.45, 2.75) is 90.0 Å². The lowest BCUT2D eigenvalue weighted by Gasteiger charge is -2.30. The smallest absolute Gasteiger partial charge is 0.245 e. The highest BCUT2D eigenvalue weighted by atomic mass is 16.2. The van der Waals surface area contributed by atoms with E-state index in [9.17, 15) is 28.8 Å². The minimum atomic E-state index is -0.986. The highest BCUT2D eigenvalue weighted by Gasteiger charge is 2.35. The Morgan fingerprint density at radius 3 is 2.15 bits per heavy atom. The quantitative estimate of drug-likeness (QED) is 0.317. The lowest BCUT2D eigenvalue weighted by atomic mass is 10.0. The maximum Gasteiger partial charge on any atom is 0.245 e. The standard InChI is InChI=1S/C29H42N6O6/c1-5-20-15-35(29(41)21-11-12-24(36)32-21)16-25(37)30-18(4)26(38)33-22(13-17(2)3)28(40)34-23(27(39)31-20)14-19-9-7-6-8-10-19/h6-10,17-18,20-23H,5,11-16H2,1-4H3,(H,30,37)(H,31,39)(H,32,36)(H,33,38)(H,34,40)/t18-,20+,21+,22+,23+/m1/s1. The zero-order valence-electron chi connectivity index (χ0n) is 24.2. The number of carbonyl (C=O) groups is 6. The summed E-state index contributed by atoms with van der Waals surface area (Å²) < 4.78 is 0. The Morgan fingerprint density at radius 2 is 1.54 bits per heavy atom. The topological polar surface area (TPSA) is 166 Å². The Kier molecular flexibility index (Phi) is 11.2. The molecule has 5 atom stereocenters. The van der Waals surface area contributed by atoms with E-state index in [0.717, 1.165) is 5.56 Å². The van der Waals surface area contributed by atoms with Gasteiger partial charge in [-0.1, -0.05) is 51.1 Å². The molecule has 2 saturated heterocycles. The molecule has 12 nitrogen and oxygen atoms in total. The summed E-state index contributed by atoms with van der Waals surface area (Å²) in [4.78, 5) is 79.4.